The van der Waals surface area contributed by atoms with Gasteiger partial charge in [-0.2, -0.15) is 0 Å². The van der Waals surface area contributed by atoms with Crippen molar-refractivity contribution in [3.8, 4) is 23.0 Å². The van der Waals surface area contributed by atoms with E-state index in [0.717, 1.165) is 5.39 Å². The van der Waals surface area contributed by atoms with Gasteiger partial charge in [-0.1, -0.05) is 42.5 Å². The van der Waals surface area contributed by atoms with Crippen molar-refractivity contribution < 1.29 is 14.6 Å². The number of fused-ring (bicyclic) bond motifs is 1. The number of rotatable bonds is 4. The standard InChI is InChI=1S/C19H18O3/c1-13(2)21-17-12-18(22-14-8-4-3-5-9-14)19(20)16-11-7-6-10-15(16)17/h3-13,20H,1-2H3. The van der Waals surface area contributed by atoms with Gasteiger partial charge in [0.2, 0.25) is 0 Å². The first-order valence-corrected chi connectivity index (χ1v) is 7.29. The lowest BCUT2D eigenvalue weighted by Gasteiger charge is -2.16. The first-order valence-electron chi connectivity index (χ1n) is 7.29. The van der Waals surface area contributed by atoms with E-state index < -0.39 is 0 Å². The molecule has 0 unspecified atom stereocenters. The fourth-order valence-corrected chi connectivity index (χ4v) is 2.35. The molecule has 0 spiro atoms. The summed E-state index contributed by atoms with van der Waals surface area (Å²) in [5, 5.41) is 12.1. The van der Waals surface area contributed by atoms with Crippen LogP contribution in [0.4, 0.5) is 0 Å². The Hall–Kier alpha value is -2.68. The Labute approximate surface area is 129 Å². The summed E-state index contributed by atoms with van der Waals surface area (Å²) in [7, 11) is 0. The molecule has 0 heterocycles. The van der Waals surface area contributed by atoms with Crippen molar-refractivity contribution in [1.29, 1.82) is 0 Å². The van der Waals surface area contributed by atoms with E-state index in [1.165, 1.54) is 0 Å². The third-order valence-electron chi connectivity index (χ3n) is 3.28. The highest BCUT2D eigenvalue weighted by Gasteiger charge is 2.14. The average Bonchev–Trinajstić information content (AvgIpc) is 2.52. The molecular weight excluding hydrogens is 276 g/mol. The fourth-order valence-electron chi connectivity index (χ4n) is 2.35. The first kappa shape index (κ1) is 14.3. The molecule has 0 bridgehead atoms. The van der Waals surface area contributed by atoms with Crippen LogP contribution in [-0.4, -0.2) is 11.2 Å². The van der Waals surface area contributed by atoms with Crippen molar-refractivity contribution in [2.24, 2.45) is 0 Å². The third kappa shape index (κ3) is 2.84. The molecule has 3 nitrogen and oxygen atoms in total. The Morgan fingerprint density at radius 2 is 1.45 bits per heavy atom. The molecule has 0 saturated carbocycles. The maximum atomic E-state index is 10.5. The van der Waals surface area contributed by atoms with E-state index in [9.17, 15) is 5.11 Å². The van der Waals surface area contributed by atoms with E-state index in [-0.39, 0.29) is 11.9 Å². The minimum Gasteiger partial charge on any atom is -0.504 e. The minimum absolute atomic E-state index is 0.0394. The number of para-hydroxylation sites is 1. The average molecular weight is 294 g/mol. The van der Waals surface area contributed by atoms with Crippen LogP contribution >= 0.6 is 0 Å². The Morgan fingerprint density at radius 3 is 2.14 bits per heavy atom. The van der Waals surface area contributed by atoms with Crippen molar-refractivity contribution in [3.63, 3.8) is 0 Å². The smallest absolute Gasteiger partial charge is 0.173 e. The van der Waals surface area contributed by atoms with Gasteiger partial charge in [-0.3, -0.25) is 0 Å². The van der Waals surface area contributed by atoms with Gasteiger partial charge in [-0.05, 0) is 26.0 Å². The van der Waals surface area contributed by atoms with Crippen LogP contribution in [0.15, 0.2) is 60.7 Å². The van der Waals surface area contributed by atoms with E-state index in [0.29, 0.717) is 22.6 Å². The molecule has 0 amide bonds. The predicted octanol–water partition coefficient (Wildman–Crippen LogP) is 5.12. The summed E-state index contributed by atoms with van der Waals surface area (Å²) in [5.41, 5.74) is 0. The highest BCUT2D eigenvalue weighted by molar-refractivity contribution is 5.95. The summed E-state index contributed by atoms with van der Waals surface area (Å²) in [6, 6.07) is 18.7. The summed E-state index contributed by atoms with van der Waals surface area (Å²) in [4.78, 5) is 0. The van der Waals surface area contributed by atoms with Gasteiger partial charge in [-0.15, -0.1) is 0 Å². The quantitative estimate of drug-likeness (QED) is 0.725. The molecule has 112 valence electrons. The summed E-state index contributed by atoms with van der Waals surface area (Å²) < 4.78 is 11.7. The minimum atomic E-state index is 0.0394. The molecule has 22 heavy (non-hydrogen) atoms. The third-order valence-corrected chi connectivity index (χ3v) is 3.28. The number of hydrogen-bond donors (Lipinski definition) is 1. The molecule has 0 radical (unpaired) electrons. The van der Waals surface area contributed by atoms with Crippen LogP contribution in [0, 0.1) is 0 Å². The molecule has 0 aromatic heterocycles. The molecule has 0 aliphatic heterocycles. The van der Waals surface area contributed by atoms with E-state index >= 15 is 0 Å². The van der Waals surface area contributed by atoms with Gasteiger partial charge >= 0.3 is 0 Å². The van der Waals surface area contributed by atoms with E-state index in [1.807, 2.05) is 68.4 Å². The number of hydrogen-bond acceptors (Lipinski definition) is 3. The zero-order chi connectivity index (χ0) is 15.5. The second kappa shape index (κ2) is 5.98. The fraction of sp³-hybridized carbons (Fsp3) is 0.158. The predicted molar refractivity (Wildman–Crippen MR) is 87.9 cm³/mol. The number of aromatic hydroxyl groups is 1. The zero-order valence-electron chi connectivity index (χ0n) is 12.6. The summed E-state index contributed by atoms with van der Waals surface area (Å²) in [6.07, 6.45) is 0.0394. The number of phenols is 1. The van der Waals surface area contributed by atoms with Crippen LogP contribution in [0.3, 0.4) is 0 Å². The Morgan fingerprint density at radius 1 is 0.818 bits per heavy atom. The van der Waals surface area contributed by atoms with E-state index in [2.05, 4.69) is 0 Å². The second-order valence-electron chi connectivity index (χ2n) is 5.35. The maximum absolute atomic E-state index is 10.5. The Kier molecular flexibility index (Phi) is 3.88. The van der Waals surface area contributed by atoms with Gasteiger partial charge in [0.25, 0.3) is 0 Å². The molecule has 3 aromatic rings. The van der Waals surface area contributed by atoms with Gasteiger partial charge in [0, 0.05) is 16.8 Å². The van der Waals surface area contributed by atoms with Crippen LogP contribution in [0.25, 0.3) is 10.8 Å². The molecule has 1 N–H and O–H groups in total. The summed E-state index contributed by atoms with van der Waals surface area (Å²) >= 11 is 0. The molecule has 3 heteroatoms. The highest BCUT2D eigenvalue weighted by Crippen LogP contribution is 2.42. The first-order chi connectivity index (χ1) is 10.6. The molecule has 0 aliphatic rings. The van der Waals surface area contributed by atoms with Crippen LogP contribution < -0.4 is 9.47 Å². The lowest BCUT2D eigenvalue weighted by atomic mass is 10.1. The van der Waals surface area contributed by atoms with Crippen LogP contribution in [0.1, 0.15) is 13.8 Å². The Bertz CT molecular complexity index is 779. The molecule has 0 aliphatic carbocycles. The largest absolute Gasteiger partial charge is 0.504 e. The van der Waals surface area contributed by atoms with E-state index in [4.69, 9.17) is 9.47 Å². The Balaban J connectivity index is 2.11. The molecule has 0 saturated heterocycles. The lowest BCUT2D eigenvalue weighted by molar-refractivity contribution is 0.244. The van der Waals surface area contributed by atoms with Crippen molar-refractivity contribution in [2.75, 3.05) is 0 Å². The van der Waals surface area contributed by atoms with Crippen molar-refractivity contribution in [2.45, 2.75) is 20.0 Å². The summed E-state index contributed by atoms with van der Waals surface area (Å²) in [5.74, 6) is 1.88. The van der Waals surface area contributed by atoms with Crippen LogP contribution in [-0.2, 0) is 0 Å². The van der Waals surface area contributed by atoms with Crippen molar-refractivity contribution in [3.05, 3.63) is 60.7 Å². The number of benzene rings is 3. The molecule has 0 fully saturated rings. The second-order valence-corrected chi connectivity index (χ2v) is 5.35. The highest BCUT2D eigenvalue weighted by atomic mass is 16.5. The topological polar surface area (TPSA) is 38.7 Å². The lowest BCUT2D eigenvalue weighted by Crippen LogP contribution is -2.06. The molecule has 3 rings (SSSR count). The molecule has 0 atom stereocenters. The normalized spacial score (nSPS) is 10.9. The van der Waals surface area contributed by atoms with Gasteiger partial charge in [0.1, 0.15) is 11.5 Å². The van der Waals surface area contributed by atoms with Crippen LogP contribution in [0.2, 0.25) is 0 Å². The van der Waals surface area contributed by atoms with E-state index in [1.54, 1.807) is 6.07 Å². The molecular formula is C19H18O3. The number of phenolic OH excluding ortho intramolecular Hbond substituents is 1. The van der Waals surface area contributed by atoms with Crippen molar-refractivity contribution in [1.82, 2.24) is 0 Å². The van der Waals surface area contributed by atoms with Gasteiger partial charge < -0.3 is 14.6 Å². The summed E-state index contributed by atoms with van der Waals surface area (Å²) in [6.45, 7) is 3.94. The monoisotopic (exact) mass is 294 g/mol. The molecule has 3 aromatic carbocycles. The van der Waals surface area contributed by atoms with Gasteiger partial charge in [0.05, 0.1) is 6.10 Å². The van der Waals surface area contributed by atoms with Crippen molar-refractivity contribution >= 4 is 10.8 Å². The van der Waals surface area contributed by atoms with Crippen LogP contribution in [0.5, 0.6) is 23.0 Å². The number of ether oxygens (including phenoxy) is 2. The maximum Gasteiger partial charge on any atom is 0.173 e. The van der Waals surface area contributed by atoms with Gasteiger partial charge in [0.15, 0.2) is 11.5 Å². The zero-order valence-corrected chi connectivity index (χ0v) is 12.6. The SMILES string of the molecule is CC(C)Oc1cc(Oc2ccccc2)c(O)c2ccccc12. The van der Waals surface area contributed by atoms with Gasteiger partial charge in [-0.25, -0.2) is 0 Å².